The summed E-state index contributed by atoms with van der Waals surface area (Å²) in [6, 6.07) is 1.41. The van der Waals surface area contributed by atoms with Crippen molar-refractivity contribution in [2.45, 2.75) is 12.5 Å². The fourth-order valence-electron chi connectivity index (χ4n) is 1.97. The maximum absolute atomic E-state index is 12.3. The van der Waals surface area contributed by atoms with E-state index in [4.69, 9.17) is 5.11 Å². The number of aliphatic carboxylic acids is 1. The summed E-state index contributed by atoms with van der Waals surface area (Å²) >= 11 is 1.68. The van der Waals surface area contributed by atoms with Crippen LogP contribution in [0.4, 0.5) is 0 Å². The Morgan fingerprint density at radius 1 is 1.61 bits per heavy atom. The number of hydrogen-bond donors (Lipinski definition) is 1. The summed E-state index contributed by atoms with van der Waals surface area (Å²) in [6.45, 7) is 0.581. The van der Waals surface area contributed by atoms with Gasteiger partial charge in [-0.1, -0.05) is 0 Å². The van der Waals surface area contributed by atoms with Gasteiger partial charge in [0, 0.05) is 31.3 Å². The second kappa shape index (κ2) is 5.43. The monoisotopic (exact) mass is 269 g/mol. The Morgan fingerprint density at radius 3 is 3.00 bits per heavy atom. The molecule has 1 aromatic rings. The van der Waals surface area contributed by atoms with E-state index in [1.54, 1.807) is 40.7 Å². The van der Waals surface area contributed by atoms with Gasteiger partial charge in [0.1, 0.15) is 5.69 Å². The summed E-state index contributed by atoms with van der Waals surface area (Å²) in [5, 5.41) is 12.9. The van der Waals surface area contributed by atoms with Crippen LogP contribution in [-0.2, 0) is 11.8 Å². The average Bonchev–Trinajstić information content (AvgIpc) is 2.75. The first-order chi connectivity index (χ1) is 8.58. The first-order valence-electron chi connectivity index (χ1n) is 5.68. The van der Waals surface area contributed by atoms with Crippen molar-refractivity contribution in [3.05, 3.63) is 18.0 Å². The molecule has 1 atom stereocenters. The fourth-order valence-corrected chi connectivity index (χ4v) is 3.03. The van der Waals surface area contributed by atoms with Crippen molar-refractivity contribution in [2.75, 3.05) is 18.1 Å². The van der Waals surface area contributed by atoms with Crippen LogP contribution in [0.15, 0.2) is 12.3 Å². The SMILES string of the molecule is Cn1ccc(C(=O)N2CCSCC2CC(=O)O)n1. The van der Waals surface area contributed by atoms with Crippen LogP contribution in [0, 0.1) is 0 Å². The molecule has 2 heterocycles. The highest BCUT2D eigenvalue weighted by Crippen LogP contribution is 2.20. The average molecular weight is 269 g/mol. The van der Waals surface area contributed by atoms with Crippen molar-refractivity contribution in [2.24, 2.45) is 7.05 Å². The Morgan fingerprint density at radius 2 is 2.39 bits per heavy atom. The minimum absolute atomic E-state index is 0.00836. The van der Waals surface area contributed by atoms with E-state index in [1.165, 1.54) is 0 Å². The standard InChI is InChI=1S/C11H15N3O3S/c1-13-3-2-9(12-13)11(17)14-4-5-18-7-8(14)6-10(15)16/h2-3,8H,4-7H2,1H3,(H,15,16). The molecule has 0 saturated carbocycles. The van der Waals surface area contributed by atoms with Crippen LogP contribution in [0.1, 0.15) is 16.9 Å². The minimum Gasteiger partial charge on any atom is -0.481 e. The van der Waals surface area contributed by atoms with Crippen LogP contribution >= 0.6 is 11.8 Å². The smallest absolute Gasteiger partial charge is 0.305 e. The van der Waals surface area contributed by atoms with Gasteiger partial charge in [-0.15, -0.1) is 0 Å². The number of nitrogens with zero attached hydrogens (tertiary/aromatic N) is 3. The molecule has 1 aliphatic heterocycles. The molecule has 0 aliphatic carbocycles. The van der Waals surface area contributed by atoms with Crippen molar-refractivity contribution in [1.82, 2.24) is 14.7 Å². The lowest BCUT2D eigenvalue weighted by Crippen LogP contribution is -2.47. The minimum atomic E-state index is -0.874. The van der Waals surface area contributed by atoms with E-state index in [1.807, 2.05) is 0 Å². The highest BCUT2D eigenvalue weighted by molar-refractivity contribution is 7.99. The highest BCUT2D eigenvalue weighted by Gasteiger charge is 2.30. The van der Waals surface area contributed by atoms with Gasteiger partial charge in [0.25, 0.3) is 5.91 Å². The molecular formula is C11H15N3O3S. The lowest BCUT2D eigenvalue weighted by Gasteiger charge is -2.34. The fraction of sp³-hybridized carbons (Fsp3) is 0.545. The molecule has 0 bridgehead atoms. The lowest BCUT2D eigenvalue weighted by atomic mass is 10.2. The number of carbonyl (C=O) groups excluding carboxylic acids is 1. The molecule has 1 fully saturated rings. The van der Waals surface area contributed by atoms with Crippen molar-refractivity contribution in [3.63, 3.8) is 0 Å². The second-order valence-corrected chi connectivity index (χ2v) is 5.35. The Hall–Kier alpha value is -1.50. The predicted molar refractivity (Wildman–Crippen MR) is 67.6 cm³/mol. The maximum atomic E-state index is 12.3. The molecule has 1 N–H and O–H groups in total. The number of carboxylic acid groups (broad SMARTS) is 1. The molecule has 7 heteroatoms. The molecule has 0 spiro atoms. The van der Waals surface area contributed by atoms with Crippen LogP contribution in [-0.4, -0.2) is 55.8 Å². The van der Waals surface area contributed by atoms with Gasteiger partial charge in [-0.2, -0.15) is 16.9 Å². The third kappa shape index (κ3) is 2.84. The van der Waals surface area contributed by atoms with Crippen molar-refractivity contribution < 1.29 is 14.7 Å². The van der Waals surface area contributed by atoms with Crippen molar-refractivity contribution >= 4 is 23.6 Å². The molecule has 0 radical (unpaired) electrons. The van der Waals surface area contributed by atoms with E-state index in [-0.39, 0.29) is 18.4 Å². The van der Waals surface area contributed by atoms with Crippen LogP contribution in [0.5, 0.6) is 0 Å². The van der Waals surface area contributed by atoms with Crippen LogP contribution in [0.25, 0.3) is 0 Å². The Kier molecular flexibility index (Phi) is 3.90. The van der Waals surface area contributed by atoms with Crippen molar-refractivity contribution in [3.8, 4) is 0 Å². The summed E-state index contributed by atoms with van der Waals surface area (Å²) < 4.78 is 1.57. The molecule has 0 aromatic carbocycles. The lowest BCUT2D eigenvalue weighted by molar-refractivity contribution is -0.138. The number of hydrogen-bond acceptors (Lipinski definition) is 4. The summed E-state index contributed by atoms with van der Waals surface area (Å²) in [6.07, 6.45) is 1.70. The summed E-state index contributed by atoms with van der Waals surface area (Å²) in [7, 11) is 1.75. The van der Waals surface area contributed by atoms with Gasteiger partial charge in [0.2, 0.25) is 0 Å². The van der Waals surface area contributed by atoms with E-state index >= 15 is 0 Å². The molecule has 1 saturated heterocycles. The van der Waals surface area contributed by atoms with Gasteiger partial charge >= 0.3 is 5.97 Å². The first kappa shape index (κ1) is 12.9. The molecule has 6 nitrogen and oxygen atoms in total. The summed E-state index contributed by atoms with van der Waals surface area (Å²) in [4.78, 5) is 24.7. The van der Waals surface area contributed by atoms with Gasteiger partial charge in [-0.25, -0.2) is 0 Å². The van der Waals surface area contributed by atoms with Crippen LogP contribution in [0.2, 0.25) is 0 Å². The number of amides is 1. The molecule has 98 valence electrons. The quantitative estimate of drug-likeness (QED) is 0.862. The van der Waals surface area contributed by atoms with E-state index in [0.29, 0.717) is 18.0 Å². The normalized spacial score (nSPS) is 19.8. The molecule has 1 unspecified atom stereocenters. The predicted octanol–water partition coefficient (Wildman–Crippen LogP) is 0.452. The van der Waals surface area contributed by atoms with Gasteiger partial charge in [-0.3, -0.25) is 14.3 Å². The molecule has 1 aliphatic rings. The van der Waals surface area contributed by atoms with E-state index in [2.05, 4.69) is 5.10 Å². The second-order valence-electron chi connectivity index (χ2n) is 4.20. The number of thioether (sulfide) groups is 1. The number of carboxylic acids is 1. The molecule has 1 amide bonds. The molecule has 1 aromatic heterocycles. The van der Waals surface area contributed by atoms with Gasteiger partial charge in [-0.05, 0) is 6.07 Å². The molecule has 2 rings (SSSR count). The largest absolute Gasteiger partial charge is 0.481 e. The molecular weight excluding hydrogens is 254 g/mol. The van der Waals surface area contributed by atoms with Gasteiger partial charge in [0.05, 0.1) is 12.5 Å². The van der Waals surface area contributed by atoms with E-state index in [0.717, 1.165) is 5.75 Å². The zero-order valence-electron chi connectivity index (χ0n) is 10.1. The van der Waals surface area contributed by atoms with Crippen molar-refractivity contribution in [1.29, 1.82) is 0 Å². The van der Waals surface area contributed by atoms with Gasteiger partial charge in [0.15, 0.2) is 0 Å². The zero-order chi connectivity index (χ0) is 13.1. The summed E-state index contributed by atoms with van der Waals surface area (Å²) in [5.74, 6) is 0.461. The Balaban J connectivity index is 2.13. The van der Waals surface area contributed by atoms with E-state index in [9.17, 15) is 9.59 Å². The van der Waals surface area contributed by atoms with E-state index < -0.39 is 5.97 Å². The van der Waals surface area contributed by atoms with Crippen LogP contribution in [0.3, 0.4) is 0 Å². The topological polar surface area (TPSA) is 75.4 Å². The number of aryl methyl sites for hydroxylation is 1. The molecule has 18 heavy (non-hydrogen) atoms. The number of aromatic nitrogens is 2. The maximum Gasteiger partial charge on any atom is 0.305 e. The summed E-state index contributed by atoms with van der Waals surface area (Å²) in [5.41, 5.74) is 0.375. The van der Waals surface area contributed by atoms with Crippen LogP contribution < -0.4 is 0 Å². The van der Waals surface area contributed by atoms with Gasteiger partial charge < -0.3 is 10.0 Å². The number of carbonyl (C=O) groups is 2. The highest BCUT2D eigenvalue weighted by atomic mass is 32.2. The number of rotatable bonds is 3. The zero-order valence-corrected chi connectivity index (χ0v) is 10.9. The Bertz CT molecular complexity index is 460. The third-order valence-corrected chi connectivity index (χ3v) is 3.92. The first-order valence-corrected chi connectivity index (χ1v) is 6.83. The third-order valence-electron chi connectivity index (χ3n) is 2.83. The Labute approximate surface area is 109 Å².